The normalized spacial score (nSPS) is 24.4. The van der Waals surface area contributed by atoms with E-state index in [1.807, 2.05) is 30.3 Å². The minimum absolute atomic E-state index is 0.0717. The van der Waals surface area contributed by atoms with Gasteiger partial charge in [-0.25, -0.2) is 0 Å². The number of carbonyl (C=O) groups is 1. The summed E-state index contributed by atoms with van der Waals surface area (Å²) in [5, 5.41) is 30.0. The van der Waals surface area contributed by atoms with Crippen molar-refractivity contribution in [2.75, 3.05) is 6.61 Å². The van der Waals surface area contributed by atoms with Gasteiger partial charge in [-0.1, -0.05) is 18.2 Å². The quantitative estimate of drug-likeness (QED) is 0.745. The van der Waals surface area contributed by atoms with Crippen molar-refractivity contribution in [2.45, 2.75) is 25.0 Å². The number of nitrogens with zero attached hydrogens (tertiary/aromatic N) is 3. The van der Waals surface area contributed by atoms with Crippen LogP contribution in [0.5, 0.6) is 0 Å². The lowest BCUT2D eigenvalue weighted by Crippen LogP contribution is -2.33. The number of amides is 1. The highest BCUT2D eigenvalue weighted by atomic mass is 16.3. The highest BCUT2D eigenvalue weighted by Gasteiger charge is 2.33. The smallest absolute Gasteiger partial charge is 0.273 e. The van der Waals surface area contributed by atoms with Crippen LogP contribution in [0.3, 0.4) is 0 Å². The molecule has 1 aromatic carbocycles. The number of nitrogens with one attached hydrogen (secondary N) is 1. The minimum atomic E-state index is -0.574. The molecule has 1 amide bonds. The molecule has 1 fully saturated rings. The molecular formula is C15H18N4O3. The molecule has 1 heterocycles. The van der Waals surface area contributed by atoms with Crippen LogP contribution >= 0.6 is 0 Å². The van der Waals surface area contributed by atoms with E-state index in [1.54, 1.807) is 0 Å². The van der Waals surface area contributed by atoms with Crippen LogP contribution < -0.4 is 5.32 Å². The third-order valence-corrected chi connectivity index (χ3v) is 3.94. The Labute approximate surface area is 127 Å². The van der Waals surface area contributed by atoms with Crippen LogP contribution in [0.15, 0.2) is 36.5 Å². The number of para-hydroxylation sites is 1. The van der Waals surface area contributed by atoms with Crippen molar-refractivity contribution < 1.29 is 15.0 Å². The van der Waals surface area contributed by atoms with Crippen LogP contribution in [0, 0.1) is 5.92 Å². The van der Waals surface area contributed by atoms with Crippen LogP contribution in [0.25, 0.3) is 5.69 Å². The summed E-state index contributed by atoms with van der Waals surface area (Å²) in [5.41, 5.74) is 1.00. The fourth-order valence-corrected chi connectivity index (χ4v) is 2.73. The SMILES string of the molecule is O=C(N[C@H]1C[C@H](CO)[C@@H](O)C1)c1cnn(-c2ccccc2)n1. The number of aliphatic hydroxyl groups excluding tert-OH is 2. The van der Waals surface area contributed by atoms with Crippen molar-refractivity contribution in [2.24, 2.45) is 5.92 Å². The van der Waals surface area contributed by atoms with Gasteiger partial charge in [0.2, 0.25) is 0 Å². The standard InChI is InChI=1S/C15H18N4O3/c20-9-10-6-11(7-14(10)21)17-15(22)13-8-16-19(18-13)12-4-2-1-3-5-12/h1-5,8,10-11,14,20-21H,6-7,9H2,(H,17,22)/t10-,11+,14+/m1/s1. The summed E-state index contributed by atoms with van der Waals surface area (Å²) in [4.78, 5) is 13.6. The fourth-order valence-electron chi connectivity index (χ4n) is 2.73. The Morgan fingerprint density at radius 3 is 2.77 bits per heavy atom. The molecule has 1 aromatic heterocycles. The average molecular weight is 302 g/mol. The summed E-state index contributed by atoms with van der Waals surface area (Å²) in [6.45, 7) is -0.0717. The van der Waals surface area contributed by atoms with Crippen molar-refractivity contribution in [3.8, 4) is 5.69 Å². The lowest BCUT2D eigenvalue weighted by atomic mass is 10.1. The second-order valence-corrected chi connectivity index (χ2v) is 5.51. The summed E-state index contributed by atoms with van der Waals surface area (Å²) < 4.78 is 0. The van der Waals surface area contributed by atoms with Gasteiger partial charge in [-0.2, -0.15) is 9.90 Å². The maximum Gasteiger partial charge on any atom is 0.273 e. The van der Waals surface area contributed by atoms with E-state index >= 15 is 0 Å². The Morgan fingerprint density at radius 2 is 2.09 bits per heavy atom. The van der Waals surface area contributed by atoms with Crippen LogP contribution in [-0.4, -0.2) is 49.9 Å². The summed E-state index contributed by atoms with van der Waals surface area (Å²) in [6, 6.07) is 9.17. The monoisotopic (exact) mass is 302 g/mol. The first kappa shape index (κ1) is 14.7. The molecule has 7 heteroatoms. The van der Waals surface area contributed by atoms with E-state index in [2.05, 4.69) is 15.5 Å². The molecule has 116 valence electrons. The van der Waals surface area contributed by atoms with Crippen LogP contribution in [0.1, 0.15) is 23.3 Å². The Hall–Kier alpha value is -2.25. The maximum absolute atomic E-state index is 12.2. The van der Waals surface area contributed by atoms with Gasteiger partial charge in [-0.05, 0) is 25.0 Å². The molecule has 0 radical (unpaired) electrons. The Balaban J connectivity index is 1.65. The van der Waals surface area contributed by atoms with Crippen LogP contribution in [-0.2, 0) is 0 Å². The number of hydrogen-bond acceptors (Lipinski definition) is 5. The summed E-state index contributed by atoms with van der Waals surface area (Å²) in [7, 11) is 0. The van der Waals surface area contributed by atoms with Gasteiger partial charge in [-0.3, -0.25) is 4.79 Å². The van der Waals surface area contributed by atoms with Crippen LogP contribution in [0.2, 0.25) is 0 Å². The highest BCUT2D eigenvalue weighted by Crippen LogP contribution is 2.25. The molecule has 2 aromatic rings. The van der Waals surface area contributed by atoms with Crippen LogP contribution in [0.4, 0.5) is 0 Å². The predicted octanol–water partition coefficient (Wildman–Crippen LogP) is 0.129. The molecule has 3 atom stereocenters. The van der Waals surface area contributed by atoms with E-state index in [-0.39, 0.29) is 30.2 Å². The van der Waals surface area contributed by atoms with Gasteiger partial charge in [0.25, 0.3) is 5.91 Å². The van der Waals surface area contributed by atoms with Gasteiger partial charge in [-0.15, -0.1) is 5.10 Å². The Bertz CT molecular complexity index is 643. The molecule has 1 aliphatic carbocycles. The highest BCUT2D eigenvalue weighted by molar-refractivity contribution is 5.92. The van der Waals surface area contributed by atoms with Gasteiger partial charge >= 0.3 is 0 Å². The number of rotatable bonds is 4. The second kappa shape index (κ2) is 6.25. The van der Waals surface area contributed by atoms with E-state index < -0.39 is 6.10 Å². The third-order valence-electron chi connectivity index (χ3n) is 3.94. The number of aliphatic hydroxyl groups is 2. The number of hydrogen-bond donors (Lipinski definition) is 3. The Kier molecular flexibility index (Phi) is 4.17. The number of aromatic nitrogens is 3. The lowest BCUT2D eigenvalue weighted by molar-refractivity contribution is 0.0902. The van der Waals surface area contributed by atoms with E-state index in [4.69, 9.17) is 5.11 Å². The first-order chi connectivity index (χ1) is 10.7. The molecular weight excluding hydrogens is 284 g/mol. The van der Waals surface area contributed by atoms with Gasteiger partial charge < -0.3 is 15.5 Å². The topological polar surface area (TPSA) is 100 Å². The number of benzene rings is 1. The molecule has 1 aliphatic rings. The van der Waals surface area contributed by atoms with Crippen molar-refractivity contribution in [1.29, 1.82) is 0 Å². The molecule has 3 rings (SSSR count). The van der Waals surface area contributed by atoms with Crippen molar-refractivity contribution in [3.05, 3.63) is 42.2 Å². The molecule has 0 aliphatic heterocycles. The molecule has 7 nitrogen and oxygen atoms in total. The van der Waals surface area contributed by atoms with Crippen molar-refractivity contribution in [3.63, 3.8) is 0 Å². The van der Waals surface area contributed by atoms with Gasteiger partial charge in [0.05, 0.1) is 18.0 Å². The zero-order valence-electron chi connectivity index (χ0n) is 12.0. The summed E-state index contributed by atoms with van der Waals surface area (Å²) in [6.07, 6.45) is 1.85. The van der Waals surface area contributed by atoms with E-state index in [1.165, 1.54) is 11.0 Å². The minimum Gasteiger partial charge on any atom is -0.396 e. The first-order valence-corrected chi connectivity index (χ1v) is 7.25. The summed E-state index contributed by atoms with van der Waals surface area (Å²) in [5.74, 6) is -0.497. The van der Waals surface area contributed by atoms with E-state index in [0.29, 0.717) is 12.8 Å². The van der Waals surface area contributed by atoms with Gasteiger partial charge in [0, 0.05) is 18.6 Å². The lowest BCUT2D eigenvalue weighted by Gasteiger charge is -2.10. The maximum atomic E-state index is 12.2. The molecule has 0 unspecified atom stereocenters. The van der Waals surface area contributed by atoms with E-state index in [0.717, 1.165) is 5.69 Å². The Morgan fingerprint density at radius 1 is 1.32 bits per heavy atom. The van der Waals surface area contributed by atoms with Gasteiger partial charge in [0.1, 0.15) is 0 Å². The molecule has 1 saturated carbocycles. The second-order valence-electron chi connectivity index (χ2n) is 5.51. The fraction of sp³-hybridized carbons (Fsp3) is 0.400. The van der Waals surface area contributed by atoms with Gasteiger partial charge in [0.15, 0.2) is 5.69 Å². The average Bonchev–Trinajstić information content (AvgIpc) is 3.15. The van der Waals surface area contributed by atoms with Crippen molar-refractivity contribution >= 4 is 5.91 Å². The zero-order valence-corrected chi connectivity index (χ0v) is 12.0. The van der Waals surface area contributed by atoms with E-state index in [9.17, 15) is 9.90 Å². The summed E-state index contributed by atoms with van der Waals surface area (Å²) >= 11 is 0. The van der Waals surface area contributed by atoms with Crippen molar-refractivity contribution in [1.82, 2.24) is 20.3 Å². The molecule has 22 heavy (non-hydrogen) atoms. The first-order valence-electron chi connectivity index (χ1n) is 7.25. The largest absolute Gasteiger partial charge is 0.396 e. The number of carbonyl (C=O) groups excluding carboxylic acids is 1. The molecule has 0 bridgehead atoms. The molecule has 0 spiro atoms. The molecule has 3 N–H and O–H groups in total. The zero-order chi connectivity index (χ0) is 15.5. The third kappa shape index (κ3) is 3.00. The molecule has 0 saturated heterocycles. The predicted molar refractivity (Wildman–Crippen MR) is 78.4 cm³/mol.